The van der Waals surface area contributed by atoms with Gasteiger partial charge in [0.2, 0.25) is 0 Å². The molecular formula is C12H11Cl2N3. The van der Waals surface area contributed by atoms with Gasteiger partial charge < -0.3 is 4.57 Å². The molecule has 0 aliphatic heterocycles. The maximum atomic E-state index is 6.19. The van der Waals surface area contributed by atoms with Gasteiger partial charge in [-0.05, 0) is 25.0 Å². The molecule has 0 amide bonds. The largest absolute Gasteiger partial charge is 0.307 e. The van der Waals surface area contributed by atoms with E-state index in [2.05, 4.69) is 14.8 Å². The summed E-state index contributed by atoms with van der Waals surface area (Å²) in [5.74, 6) is 2.03. The van der Waals surface area contributed by atoms with Gasteiger partial charge in [-0.3, -0.25) is 0 Å². The SMILES string of the molecule is ClCc1nnc(-c2ccccc2Cl)n1C1CC1. The van der Waals surface area contributed by atoms with Crippen LogP contribution in [-0.2, 0) is 5.88 Å². The molecule has 3 rings (SSSR count). The first-order chi connectivity index (χ1) is 8.31. The molecular weight excluding hydrogens is 257 g/mol. The number of alkyl halides is 1. The zero-order chi connectivity index (χ0) is 11.8. The summed E-state index contributed by atoms with van der Waals surface area (Å²) in [6.07, 6.45) is 2.33. The van der Waals surface area contributed by atoms with Crippen LogP contribution in [0, 0.1) is 0 Å². The zero-order valence-electron chi connectivity index (χ0n) is 9.11. The van der Waals surface area contributed by atoms with E-state index in [1.165, 1.54) is 12.8 Å². The Balaban J connectivity index is 2.14. The third kappa shape index (κ3) is 1.94. The lowest BCUT2D eigenvalue weighted by molar-refractivity contribution is 0.712. The lowest BCUT2D eigenvalue weighted by Crippen LogP contribution is -2.02. The van der Waals surface area contributed by atoms with Crippen LogP contribution in [0.15, 0.2) is 24.3 Å². The van der Waals surface area contributed by atoms with E-state index in [-0.39, 0.29) is 0 Å². The monoisotopic (exact) mass is 267 g/mol. The summed E-state index contributed by atoms with van der Waals surface area (Å²) >= 11 is 12.1. The summed E-state index contributed by atoms with van der Waals surface area (Å²) in [6.45, 7) is 0. The molecule has 1 fully saturated rings. The van der Waals surface area contributed by atoms with Gasteiger partial charge in [0.25, 0.3) is 0 Å². The number of nitrogens with zero attached hydrogens (tertiary/aromatic N) is 3. The average molecular weight is 268 g/mol. The molecule has 3 nitrogen and oxygen atoms in total. The summed E-state index contributed by atoms with van der Waals surface area (Å²) in [6, 6.07) is 8.18. The first-order valence-corrected chi connectivity index (χ1v) is 6.47. The van der Waals surface area contributed by atoms with Crippen molar-refractivity contribution >= 4 is 23.2 Å². The minimum atomic E-state index is 0.383. The molecule has 0 unspecified atom stereocenters. The van der Waals surface area contributed by atoms with Crippen molar-refractivity contribution in [2.24, 2.45) is 0 Å². The van der Waals surface area contributed by atoms with Crippen molar-refractivity contribution in [3.8, 4) is 11.4 Å². The highest BCUT2D eigenvalue weighted by Gasteiger charge is 2.29. The van der Waals surface area contributed by atoms with E-state index in [4.69, 9.17) is 23.2 Å². The topological polar surface area (TPSA) is 30.7 Å². The van der Waals surface area contributed by atoms with Crippen molar-refractivity contribution in [2.45, 2.75) is 24.8 Å². The Kier molecular flexibility index (Phi) is 2.81. The third-order valence-corrected chi connectivity index (χ3v) is 3.48. The van der Waals surface area contributed by atoms with Gasteiger partial charge in [-0.15, -0.1) is 21.8 Å². The maximum Gasteiger partial charge on any atom is 0.165 e. The van der Waals surface area contributed by atoms with Crippen LogP contribution in [0.4, 0.5) is 0 Å². The standard InChI is InChI=1S/C12H11Cl2N3/c13-7-11-15-16-12(17(11)8-5-6-8)9-3-1-2-4-10(9)14/h1-4,8H,5-7H2. The van der Waals surface area contributed by atoms with Gasteiger partial charge in [0, 0.05) is 11.6 Å². The second-order valence-electron chi connectivity index (χ2n) is 4.15. The molecule has 0 saturated heterocycles. The molecule has 1 aliphatic carbocycles. The van der Waals surface area contributed by atoms with Crippen LogP contribution in [0.25, 0.3) is 11.4 Å². The van der Waals surface area contributed by atoms with Gasteiger partial charge >= 0.3 is 0 Å². The molecule has 1 aliphatic rings. The van der Waals surface area contributed by atoms with E-state index in [9.17, 15) is 0 Å². The number of benzene rings is 1. The lowest BCUT2D eigenvalue weighted by atomic mass is 10.2. The maximum absolute atomic E-state index is 6.19. The molecule has 88 valence electrons. The van der Waals surface area contributed by atoms with E-state index in [0.29, 0.717) is 16.9 Å². The van der Waals surface area contributed by atoms with Crippen molar-refractivity contribution in [1.82, 2.24) is 14.8 Å². The van der Waals surface area contributed by atoms with E-state index < -0.39 is 0 Å². The highest BCUT2D eigenvalue weighted by Crippen LogP contribution is 2.40. The molecule has 0 atom stereocenters. The third-order valence-electron chi connectivity index (χ3n) is 2.91. The van der Waals surface area contributed by atoms with Crippen LogP contribution in [0.5, 0.6) is 0 Å². The van der Waals surface area contributed by atoms with Gasteiger partial charge in [0.05, 0.1) is 10.9 Å². The molecule has 2 aromatic rings. The average Bonchev–Trinajstić information content (AvgIpc) is 3.10. The molecule has 1 saturated carbocycles. The fourth-order valence-electron chi connectivity index (χ4n) is 1.96. The van der Waals surface area contributed by atoms with Crippen LogP contribution in [0.3, 0.4) is 0 Å². The van der Waals surface area contributed by atoms with E-state index >= 15 is 0 Å². The normalized spacial score (nSPS) is 15.2. The van der Waals surface area contributed by atoms with Crippen molar-refractivity contribution in [2.75, 3.05) is 0 Å². The van der Waals surface area contributed by atoms with Gasteiger partial charge in [-0.25, -0.2) is 0 Å². The predicted molar refractivity (Wildman–Crippen MR) is 68.3 cm³/mol. The number of hydrogen-bond donors (Lipinski definition) is 0. The fourth-order valence-corrected chi connectivity index (χ4v) is 2.36. The molecule has 5 heteroatoms. The Morgan fingerprint density at radius 2 is 2.00 bits per heavy atom. The number of halogens is 2. The van der Waals surface area contributed by atoms with Crippen molar-refractivity contribution in [3.05, 3.63) is 35.1 Å². The first kappa shape index (κ1) is 11.1. The predicted octanol–water partition coefficient (Wildman–Crippen LogP) is 3.67. The number of hydrogen-bond acceptors (Lipinski definition) is 2. The van der Waals surface area contributed by atoms with Crippen LogP contribution < -0.4 is 0 Å². The highest BCUT2D eigenvalue weighted by atomic mass is 35.5. The van der Waals surface area contributed by atoms with E-state index in [1.54, 1.807) is 0 Å². The summed E-state index contributed by atoms with van der Waals surface area (Å²) < 4.78 is 2.12. The van der Waals surface area contributed by atoms with Gasteiger partial charge in [-0.1, -0.05) is 23.7 Å². The number of aromatic nitrogens is 3. The van der Waals surface area contributed by atoms with Crippen LogP contribution in [0.2, 0.25) is 5.02 Å². The zero-order valence-corrected chi connectivity index (χ0v) is 10.6. The summed E-state index contributed by atoms with van der Waals surface area (Å²) in [7, 11) is 0. The van der Waals surface area contributed by atoms with Gasteiger partial charge in [-0.2, -0.15) is 0 Å². The summed E-state index contributed by atoms with van der Waals surface area (Å²) in [4.78, 5) is 0. The minimum Gasteiger partial charge on any atom is -0.307 e. The van der Waals surface area contributed by atoms with Gasteiger partial charge in [0.1, 0.15) is 5.82 Å². The molecule has 1 aromatic heterocycles. The van der Waals surface area contributed by atoms with E-state index in [0.717, 1.165) is 17.2 Å². The smallest absolute Gasteiger partial charge is 0.165 e. The first-order valence-electron chi connectivity index (χ1n) is 5.56. The quantitative estimate of drug-likeness (QED) is 0.795. The molecule has 1 heterocycles. The second-order valence-corrected chi connectivity index (χ2v) is 4.83. The molecule has 1 aromatic carbocycles. The second kappa shape index (κ2) is 4.31. The Labute approximate surface area is 109 Å². The Bertz CT molecular complexity index is 546. The minimum absolute atomic E-state index is 0.383. The molecule has 17 heavy (non-hydrogen) atoms. The molecule has 0 spiro atoms. The van der Waals surface area contributed by atoms with Crippen molar-refractivity contribution < 1.29 is 0 Å². The Hall–Kier alpha value is -1.06. The highest BCUT2D eigenvalue weighted by molar-refractivity contribution is 6.33. The van der Waals surface area contributed by atoms with Crippen LogP contribution in [-0.4, -0.2) is 14.8 Å². The van der Waals surface area contributed by atoms with Crippen LogP contribution in [0.1, 0.15) is 24.7 Å². The summed E-state index contributed by atoms with van der Waals surface area (Å²) in [5, 5.41) is 9.06. The number of rotatable bonds is 3. The summed E-state index contributed by atoms with van der Waals surface area (Å²) in [5.41, 5.74) is 0.921. The van der Waals surface area contributed by atoms with Crippen molar-refractivity contribution in [3.63, 3.8) is 0 Å². The lowest BCUT2D eigenvalue weighted by Gasteiger charge is -2.08. The molecule has 0 N–H and O–H groups in total. The van der Waals surface area contributed by atoms with Crippen LogP contribution >= 0.6 is 23.2 Å². The van der Waals surface area contributed by atoms with Gasteiger partial charge in [0.15, 0.2) is 5.82 Å². The molecule has 0 radical (unpaired) electrons. The Morgan fingerprint density at radius 1 is 1.24 bits per heavy atom. The Morgan fingerprint density at radius 3 is 2.65 bits per heavy atom. The van der Waals surface area contributed by atoms with Crippen molar-refractivity contribution in [1.29, 1.82) is 0 Å². The van der Waals surface area contributed by atoms with E-state index in [1.807, 2.05) is 24.3 Å². The molecule has 0 bridgehead atoms. The fraction of sp³-hybridized carbons (Fsp3) is 0.333.